The van der Waals surface area contributed by atoms with E-state index < -0.39 is 59.4 Å². The molecule has 17 rings (SSSR count). The summed E-state index contributed by atoms with van der Waals surface area (Å²) in [7, 11) is 0. The largest absolute Gasteiger partial charge is 0.481 e. The Hall–Kier alpha value is -15.5. The second-order valence-electron chi connectivity index (χ2n) is 32.5. The van der Waals surface area contributed by atoms with Crippen LogP contribution in [0.25, 0.3) is 11.0 Å². The molecule has 0 saturated carbocycles. The number of hydroxylamine groups is 2. The van der Waals surface area contributed by atoms with E-state index in [9.17, 15) is 67.1 Å². The van der Waals surface area contributed by atoms with Gasteiger partial charge in [-0.05, 0) is 115 Å². The van der Waals surface area contributed by atoms with Crippen LogP contribution in [0.5, 0.6) is 0 Å². The summed E-state index contributed by atoms with van der Waals surface area (Å²) >= 11 is 2.01. The molecule has 0 spiro atoms. The average molecular weight is 2050 g/mol. The number of aromatic amines is 4. The summed E-state index contributed by atoms with van der Waals surface area (Å²) in [5, 5.41) is 34.6. The first-order valence-corrected chi connectivity index (χ1v) is 45.4. The van der Waals surface area contributed by atoms with E-state index in [0.717, 1.165) is 53.5 Å². The summed E-state index contributed by atoms with van der Waals surface area (Å²) in [6.45, 7) is 5.45. The van der Waals surface area contributed by atoms with E-state index in [4.69, 9.17) is 62.3 Å². The molecule has 736 valence electrons. The first kappa shape index (κ1) is 104. The zero-order valence-corrected chi connectivity index (χ0v) is 78.3. The number of hydrogen-bond donors (Lipinski definition) is 11. The molecule has 16 N–H and O–H groups in total. The van der Waals surface area contributed by atoms with Gasteiger partial charge in [-0.2, -0.15) is 0 Å². The molecule has 6 aliphatic rings. The van der Waals surface area contributed by atoms with Crippen molar-refractivity contribution in [1.29, 1.82) is 0 Å². The molecule has 6 fully saturated rings. The molecule has 5 atom stereocenters. The van der Waals surface area contributed by atoms with Gasteiger partial charge in [-0.25, -0.2) is 47.8 Å². The van der Waals surface area contributed by atoms with Crippen LogP contribution < -0.4 is 56.2 Å². The quantitative estimate of drug-likeness (QED) is 0.0236. The van der Waals surface area contributed by atoms with Crippen LogP contribution in [0.1, 0.15) is 140 Å². The van der Waals surface area contributed by atoms with Crippen molar-refractivity contribution in [2.45, 2.75) is 135 Å². The summed E-state index contributed by atoms with van der Waals surface area (Å²) in [6.07, 6.45) is 6.63. The molecule has 0 radical (unpaired) electrons. The number of hydrogen-bond acceptors (Lipinski definition) is 33. The molecule has 5 aromatic carbocycles. The standard InChI is InChI=1S/C18H19IN6O3.C18H22N6O4.C18H20N6O3.C18H20N2O6.C14H17NO4.C4H7N5O.ClH/c19-14-13-16(26)22-17(20)23-25(13)15(21-14)12-7-4-8-24(9-12)18(27)28-10-11-5-2-1-3-6-11;19-17-21-16(26)14(22-23-17)9-20-15(25)13-7-4-8-24(10-13)18(27)28-11-12-5-2-1-3-6-12;19-17-21-16(25)14-9-20-15(24(14)22-17)13-7-4-8-23(10-13)18(26)27-11-12-5-2-1-3-6-12;21-15-8-9-16(22)20(15)26-17(23)14-7-4-10-19(11-14)18(24)25-12-13-5-2-1-3-6-13;16-13(17)12-7-4-8-15(9-12)14(18)19-10-11-5-2-1-3-6-11;5-1-2-3(10)7-4(6)9-8-2;/h1-3,5-6,12H,4,7-10H2,(H3,20,22,23,26);1-3,5-6,13H,4,7-11H2,(H,20,25)(H3,19,21,23,26);1-3,5-6,9,13H,4,7-8,10-11H2,(H3,19,21,22,25);1-3,5-6,14H,4,7-12H2;1-3,5-6,12H,4,7-10H2,(H,16,17);1,5H2,(H3,6,7,9,10);1H/t12-;2*13-;14-;12-;;/m11111../s1. The number of imidazole rings is 2. The van der Waals surface area contributed by atoms with Gasteiger partial charge in [0.2, 0.25) is 29.7 Å². The number of halogens is 2. The number of aromatic nitrogens is 14. The summed E-state index contributed by atoms with van der Waals surface area (Å²) < 4.78 is 30.2. The van der Waals surface area contributed by atoms with Crippen molar-refractivity contribution >= 4 is 130 Å². The normalized spacial score (nSPS) is 17.2. The number of benzene rings is 5. The van der Waals surface area contributed by atoms with Gasteiger partial charge >= 0.3 is 42.4 Å². The number of anilines is 4. The second-order valence-corrected chi connectivity index (χ2v) is 33.5. The predicted molar refractivity (Wildman–Crippen MR) is 508 cm³/mol. The smallest absolute Gasteiger partial charge is 0.410 e. The average Bonchev–Trinajstić information content (AvgIpc) is 1.61. The van der Waals surface area contributed by atoms with E-state index >= 15 is 0 Å². The number of likely N-dealkylation sites (tertiary alicyclic amines) is 5. The van der Waals surface area contributed by atoms with Crippen LogP contribution in [0.4, 0.5) is 47.8 Å². The molecule has 6 saturated heterocycles. The molecule has 49 heteroatoms. The van der Waals surface area contributed by atoms with Crippen LogP contribution in [-0.2, 0) is 98.6 Å². The van der Waals surface area contributed by atoms with Gasteiger partial charge < -0.3 is 92.1 Å². The lowest BCUT2D eigenvalue weighted by atomic mass is 9.97. The zero-order chi connectivity index (χ0) is 98.2. The number of nitrogens with one attached hydrogen (secondary N) is 5. The molecule has 6 aromatic heterocycles. The second kappa shape index (κ2) is 51.4. The molecular formula is C90H106ClIN26O21. The molecule has 139 heavy (non-hydrogen) atoms. The number of imide groups is 1. The fraction of sp³-hybridized carbons (Fsp3) is 0.378. The molecule has 47 nitrogen and oxygen atoms in total. The maximum Gasteiger partial charge on any atom is 0.410 e. The number of carbonyl (C=O) groups is 10. The van der Waals surface area contributed by atoms with E-state index in [2.05, 4.69) is 65.8 Å². The monoisotopic (exact) mass is 2050 g/mol. The molecular weight excluding hydrogens is 1940 g/mol. The topological polar surface area (TPSA) is 651 Å². The number of aliphatic carboxylic acids is 1. The number of carboxylic acid groups (broad SMARTS) is 1. The fourth-order valence-electron chi connectivity index (χ4n) is 15.4. The van der Waals surface area contributed by atoms with Gasteiger partial charge in [-0.15, -0.1) is 48.1 Å². The van der Waals surface area contributed by atoms with Gasteiger partial charge in [0.15, 0.2) is 11.0 Å². The van der Waals surface area contributed by atoms with Gasteiger partial charge in [0.1, 0.15) is 59.8 Å². The summed E-state index contributed by atoms with van der Waals surface area (Å²) in [5.74, 6) is -3.09. The Morgan fingerprint density at radius 2 is 0.777 bits per heavy atom. The van der Waals surface area contributed by atoms with E-state index in [1.807, 2.05) is 174 Å². The Balaban J connectivity index is 0.000000163. The SMILES string of the molecule is Cl.NCc1nnc(N)[nH]c1=O.Nc1nn2c([C@@H]3CCCN(C(=O)OCc4ccccc4)C3)nc(I)c2c(=O)[nH]1.Nc1nn2c([C@@H]3CCCN(C(=O)OCc4ccccc4)C3)ncc2c(=O)[nH]1.Nc1nnc(CNC(=O)[C@@H]2CCCN(C(=O)OCc3ccccc3)C2)c(=O)[nH]1.O=C(O)[C@@H]1CCCN(C(=O)OCc2ccccc2)C1.O=C(ON1C(=O)CCC1=O)[C@@H]1CCCN(C(=O)OCc2ccccc2)C1. The molecule has 0 aliphatic carbocycles. The summed E-state index contributed by atoms with van der Waals surface area (Å²) in [4.78, 5) is 198. The third kappa shape index (κ3) is 30.2. The number of nitrogens with zero attached hydrogens (tertiary/aromatic N) is 16. The molecule has 6 aliphatic heterocycles. The highest BCUT2D eigenvalue weighted by Gasteiger charge is 2.39. The third-order valence-corrected chi connectivity index (χ3v) is 23.3. The van der Waals surface area contributed by atoms with E-state index in [1.54, 1.807) is 9.80 Å². The van der Waals surface area contributed by atoms with Crippen LogP contribution in [0, 0.1) is 21.5 Å². The summed E-state index contributed by atoms with van der Waals surface area (Å²) in [6, 6.07) is 47.2. The lowest BCUT2D eigenvalue weighted by Gasteiger charge is -2.31. The number of piperidine rings is 5. The number of rotatable bonds is 19. The summed E-state index contributed by atoms with van der Waals surface area (Å²) in [5.41, 5.74) is 30.9. The van der Waals surface area contributed by atoms with E-state index in [0.29, 0.717) is 116 Å². The van der Waals surface area contributed by atoms with E-state index in [-0.39, 0.29) is 179 Å². The van der Waals surface area contributed by atoms with Crippen LogP contribution in [0.2, 0.25) is 0 Å². The van der Waals surface area contributed by atoms with Crippen LogP contribution in [-0.4, -0.2) is 230 Å². The van der Waals surface area contributed by atoms with Crippen molar-refractivity contribution in [2.75, 3.05) is 88.4 Å². The van der Waals surface area contributed by atoms with Gasteiger partial charge in [0.05, 0.1) is 30.5 Å². The van der Waals surface area contributed by atoms with E-state index in [1.165, 1.54) is 29.9 Å². The predicted octanol–water partition coefficient (Wildman–Crippen LogP) is 6.44. The van der Waals surface area contributed by atoms with Gasteiger partial charge in [0.25, 0.3) is 34.1 Å². The highest BCUT2D eigenvalue weighted by atomic mass is 127. The van der Waals surface area contributed by atoms with Crippen LogP contribution in [0.15, 0.2) is 177 Å². The minimum atomic E-state index is -0.847. The van der Waals surface area contributed by atoms with Crippen LogP contribution in [0.3, 0.4) is 0 Å². The minimum Gasteiger partial charge on any atom is -0.481 e. The van der Waals surface area contributed by atoms with Crippen molar-refractivity contribution in [3.63, 3.8) is 0 Å². The number of ether oxygens (including phenoxy) is 5. The van der Waals surface area contributed by atoms with Crippen molar-refractivity contribution in [2.24, 2.45) is 23.5 Å². The van der Waals surface area contributed by atoms with Crippen molar-refractivity contribution < 1.29 is 81.6 Å². The molecule has 8 amide bonds. The highest BCUT2D eigenvalue weighted by molar-refractivity contribution is 14.1. The minimum absolute atomic E-state index is 0. The maximum atomic E-state index is 12.5. The van der Waals surface area contributed by atoms with Crippen LogP contribution >= 0.6 is 35.0 Å². The number of carbonyl (C=O) groups excluding carboxylic acids is 9. The van der Waals surface area contributed by atoms with Crippen molar-refractivity contribution in [3.05, 3.63) is 254 Å². The highest BCUT2D eigenvalue weighted by Crippen LogP contribution is 2.31. The molecule has 0 unspecified atom stereocenters. The Labute approximate surface area is 812 Å². The molecule has 0 bridgehead atoms. The van der Waals surface area contributed by atoms with Crippen molar-refractivity contribution in [3.8, 4) is 0 Å². The number of H-pyrrole nitrogens is 4. The fourth-order valence-corrected chi connectivity index (χ4v) is 16.1. The number of fused-ring (bicyclic) bond motifs is 2. The maximum absolute atomic E-state index is 12.5. The van der Waals surface area contributed by atoms with Crippen molar-refractivity contribution in [1.82, 2.24) is 104 Å². The lowest BCUT2D eigenvalue weighted by Crippen LogP contribution is -2.45. The van der Waals surface area contributed by atoms with Gasteiger partial charge in [-0.3, -0.25) is 58.3 Å². The first-order valence-electron chi connectivity index (χ1n) is 44.3. The first-order chi connectivity index (χ1) is 66.6. The lowest BCUT2D eigenvalue weighted by molar-refractivity contribution is -0.201. The Morgan fingerprint density at radius 3 is 1.19 bits per heavy atom. The Morgan fingerprint density at radius 1 is 0.424 bits per heavy atom. The number of carboxylic acids is 1. The Bertz CT molecular complexity index is 6270. The van der Waals surface area contributed by atoms with Gasteiger partial charge in [0, 0.05) is 96.7 Å². The number of amides is 8. The molecule has 12 heterocycles. The Kier molecular flexibility index (Phi) is 38.5. The van der Waals surface area contributed by atoms with Gasteiger partial charge in [-0.1, -0.05) is 152 Å². The number of nitrogen functional groups attached to an aromatic ring is 4. The zero-order valence-electron chi connectivity index (χ0n) is 75.3. The number of nitrogens with two attached hydrogens (primary N) is 5. The molecule has 11 aromatic rings. The third-order valence-electron chi connectivity index (χ3n) is 22.5.